The quantitative estimate of drug-likeness (QED) is 0.437. The van der Waals surface area contributed by atoms with Crippen molar-refractivity contribution in [1.82, 2.24) is 0 Å². The van der Waals surface area contributed by atoms with Crippen molar-refractivity contribution in [3.63, 3.8) is 0 Å². The molecule has 2 amide bonds. The van der Waals surface area contributed by atoms with Gasteiger partial charge in [0.15, 0.2) is 0 Å². The minimum absolute atomic E-state index is 0.276. The molecule has 0 heterocycles. The van der Waals surface area contributed by atoms with Crippen LogP contribution < -0.4 is 15.4 Å². The molecule has 0 aliphatic heterocycles. The highest BCUT2D eigenvalue weighted by molar-refractivity contribution is 6.31. The topological polar surface area (TPSA) is 67.4 Å². The number of hydrogen-bond donors (Lipinski definition) is 2. The van der Waals surface area contributed by atoms with E-state index in [9.17, 15) is 9.59 Å². The molecule has 6 heteroatoms. The molecule has 3 aromatic carbocycles. The summed E-state index contributed by atoms with van der Waals surface area (Å²) >= 11 is 5.96. The second-order valence-corrected chi connectivity index (χ2v) is 7.99. The summed E-state index contributed by atoms with van der Waals surface area (Å²) in [4.78, 5) is 25.2. The number of benzene rings is 3. The van der Waals surface area contributed by atoms with Gasteiger partial charge in [-0.1, -0.05) is 43.6 Å². The van der Waals surface area contributed by atoms with Gasteiger partial charge >= 0.3 is 0 Å². The van der Waals surface area contributed by atoms with Crippen LogP contribution in [0, 0.1) is 5.92 Å². The van der Waals surface area contributed by atoms with Crippen molar-refractivity contribution in [3.05, 3.63) is 88.9 Å². The average molecular weight is 437 g/mol. The van der Waals surface area contributed by atoms with Gasteiger partial charge in [-0.05, 0) is 66.9 Å². The van der Waals surface area contributed by atoms with E-state index in [1.807, 2.05) is 6.07 Å². The Kier molecular flexibility index (Phi) is 7.68. The Balaban J connectivity index is 1.65. The largest absolute Gasteiger partial charge is 0.494 e. The summed E-state index contributed by atoms with van der Waals surface area (Å²) in [5.74, 6) is 0.637. The van der Waals surface area contributed by atoms with Crippen LogP contribution in [0.25, 0.3) is 0 Å². The highest BCUT2D eigenvalue weighted by atomic mass is 35.5. The van der Waals surface area contributed by atoms with Crippen molar-refractivity contribution in [2.75, 3.05) is 17.2 Å². The number of hydrogen-bond acceptors (Lipinski definition) is 3. The molecule has 0 saturated carbocycles. The van der Waals surface area contributed by atoms with Gasteiger partial charge in [-0.2, -0.15) is 0 Å². The fraction of sp³-hybridized carbons (Fsp3) is 0.200. The van der Waals surface area contributed by atoms with Crippen LogP contribution in [0.15, 0.2) is 72.8 Å². The number of carbonyl (C=O) groups excluding carboxylic acids is 2. The summed E-state index contributed by atoms with van der Waals surface area (Å²) < 4.78 is 5.73. The second kappa shape index (κ2) is 10.6. The molecule has 3 aromatic rings. The minimum atomic E-state index is -0.293. The molecule has 2 N–H and O–H groups in total. The second-order valence-electron chi connectivity index (χ2n) is 7.56. The predicted octanol–water partition coefficient (Wildman–Crippen LogP) is 6.27. The van der Waals surface area contributed by atoms with E-state index in [4.69, 9.17) is 16.3 Å². The lowest BCUT2D eigenvalue weighted by molar-refractivity contribution is 0.101. The number of nitrogens with one attached hydrogen (secondary N) is 2. The molecule has 0 aliphatic rings. The van der Waals surface area contributed by atoms with Crippen LogP contribution in [0.4, 0.5) is 11.4 Å². The zero-order valence-corrected chi connectivity index (χ0v) is 18.3. The maximum atomic E-state index is 12.7. The molecule has 0 spiro atoms. The van der Waals surface area contributed by atoms with Gasteiger partial charge in [-0.3, -0.25) is 9.59 Å². The first-order valence-electron chi connectivity index (χ1n) is 10.1. The molecule has 160 valence electrons. The molecule has 0 fully saturated rings. The van der Waals surface area contributed by atoms with E-state index in [1.54, 1.807) is 66.7 Å². The lowest BCUT2D eigenvalue weighted by atomic mass is 10.1. The van der Waals surface area contributed by atoms with E-state index in [0.29, 0.717) is 45.8 Å². The number of amides is 2. The third-order valence-corrected chi connectivity index (χ3v) is 4.76. The smallest absolute Gasteiger partial charge is 0.255 e. The van der Waals surface area contributed by atoms with E-state index in [-0.39, 0.29) is 11.8 Å². The van der Waals surface area contributed by atoms with E-state index in [1.165, 1.54) is 0 Å². The average Bonchev–Trinajstić information content (AvgIpc) is 2.74. The van der Waals surface area contributed by atoms with Crippen LogP contribution in [0.2, 0.25) is 5.02 Å². The standard InChI is InChI=1S/C25H25ClN2O3/c1-17(2)12-13-31-23-11-4-7-19(15-23)25(30)27-21-9-3-6-18(14-21)24(29)28-22-10-5-8-20(26)16-22/h3-11,14-17H,12-13H2,1-2H3,(H,27,30)(H,28,29). The highest BCUT2D eigenvalue weighted by Crippen LogP contribution is 2.19. The number of carbonyl (C=O) groups is 2. The molecular weight excluding hydrogens is 412 g/mol. The van der Waals surface area contributed by atoms with Crippen molar-refractivity contribution >= 4 is 34.8 Å². The predicted molar refractivity (Wildman–Crippen MR) is 125 cm³/mol. The van der Waals surface area contributed by atoms with Crippen molar-refractivity contribution in [2.45, 2.75) is 20.3 Å². The van der Waals surface area contributed by atoms with Crippen LogP contribution in [0.1, 0.15) is 41.0 Å². The van der Waals surface area contributed by atoms with Gasteiger partial charge < -0.3 is 15.4 Å². The first-order valence-corrected chi connectivity index (χ1v) is 10.5. The zero-order chi connectivity index (χ0) is 22.2. The van der Waals surface area contributed by atoms with E-state index >= 15 is 0 Å². The van der Waals surface area contributed by atoms with Gasteiger partial charge in [-0.25, -0.2) is 0 Å². The van der Waals surface area contributed by atoms with Crippen LogP contribution in [-0.4, -0.2) is 18.4 Å². The first-order chi connectivity index (χ1) is 14.9. The van der Waals surface area contributed by atoms with Gasteiger partial charge in [0.25, 0.3) is 11.8 Å². The van der Waals surface area contributed by atoms with Gasteiger partial charge in [0.1, 0.15) is 5.75 Å². The molecule has 0 unspecified atom stereocenters. The molecule has 0 aliphatic carbocycles. The van der Waals surface area contributed by atoms with Crippen LogP contribution in [-0.2, 0) is 0 Å². The van der Waals surface area contributed by atoms with Gasteiger partial charge in [-0.15, -0.1) is 0 Å². The summed E-state index contributed by atoms with van der Waals surface area (Å²) in [6.45, 7) is 4.87. The fourth-order valence-corrected chi connectivity index (χ4v) is 3.04. The van der Waals surface area contributed by atoms with Crippen LogP contribution >= 0.6 is 11.6 Å². The third kappa shape index (κ3) is 6.86. The van der Waals surface area contributed by atoms with Crippen molar-refractivity contribution in [2.24, 2.45) is 5.92 Å². The van der Waals surface area contributed by atoms with E-state index < -0.39 is 0 Å². The Hall–Kier alpha value is -3.31. The maximum absolute atomic E-state index is 12.7. The lowest BCUT2D eigenvalue weighted by Gasteiger charge is -2.11. The summed E-state index contributed by atoms with van der Waals surface area (Å²) in [6.07, 6.45) is 0.945. The van der Waals surface area contributed by atoms with Gasteiger partial charge in [0.2, 0.25) is 0 Å². The number of halogens is 1. The molecule has 0 aromatic heterocycles. The number of ether oxygens (including phenoxy) is 1. The minimum Gasteiger partial charge on any atom is -0.494 e. The molecule has 3 rings (SSSR count). The SMILES string of the molecule is CC(C)CCOc1cccc(C(=O)Nc2cccc(C(=O)Nc3cccc(Cl)c3)c2)c1. The van der Waals surface area contributed by atoms with Crippen molar-refractivity contribution < 1.29 is 14.3 Å². The molecule has 0 atom stereocenters. The molecule has 31 heavy (non-hydrogen) atoms. The summed E-state index contributed by atoms with van der Waals surface area (Å²) in [5.41, 5.74) is 2.02. The van der Waals surface area contributed by atoms with Gasteiger partial charge in [0.05, 0.1) is 6.61 Å². The van der Waals surface area contributed by atoms with E-state index in [2.05, 4.69) is 24.5 Å². The number of anilines is 2. The van der Waals surface area contributed by atoms with Crippen LogP contribution in [0.3, 0.4) is 0 Å². The summed E-state index contributed by atoms with van der Waals surface area (Å²) in [5, 5.41) is 6.16. The monoisotopic (exact) mass is 436 g/mol. The number of rotatable bonds is 8. The summed E-state index contributed by atoms with van der Waals surface area (Å²) in [7, 11) is 0. The molecule has 0 saturated heterocycles. The highest BCUT2D eigenvalue weighted by Gasteiger charge is 2.11. The maximum Gasteiger partial charge on any atom is 0.255 e. The Bertz CT molecular complexity index is 1070. The van der Waals surface area contributed by atoms with E-state index in [0.717, 1.165) is 6.42 Å². The zero-order valence-electron chi connectivity index (χ0n) is 17.5. The Labute approximate surface area is 187 Å². The third-order valence-electron chi connectivity index (χ3n) is 4.53. The van der Waals surface area contributed by atoms with Crippen molar-refractivity contribution in [3.8, 4) is 5.75 Å². The Morgan fingerprint density at radius 3 is 2.06 bits per heavy atom. The lowest BCUT2D eigenvalue weighted by Crippen LogP contribution is -2.14. The summed E-state index contributed by atoms with van der Waals surface area (Å²) in [6, 6.07) is 20.7. The molecule has 0 radical (unpaired) electrons. The molecular formula is C25H25ClN2O3. The normalized spacial score (nSPS) is 10.6. The molecule has 5 nitrogen and oxygen atoms in total. The fourth-order valence-electron chi connectivity index (χ4n) is 2.85. The Morgan fingerprint density at radius 2 is 1.42 bits per heavy atom. The first kappa shape index (κ1) is 22.4. The van der Waals surface area contributed by atoms with Crippen LogP contribution in [0.5, 0.6) is 5.75 Å². The van der Waals surface area contributed by atoms with Crippen molar-refractivity contribution in [1.29, 1.82) is 0 Å². The van der Waals surface area contributed by atoms with Gasteiger partial charge in [0, 0.05) is 27.5 Å². The molecule has 0 bridgehead atoms. The Morgan fingerprint density at radius 1 is 0.839 bits per heavy atom.